The molecule has 0 aromatic rings. The second kappa shape index (κ2) is 8.19. The van der Waals surface area contributed by atoms with E-state index in [0.29, 0.717) is 25.9 Å². The molecule has 3 unspecified atom stereocenters. The van der Waals surface area contributed by atoms with E-state index in [9.17, 15) is 19.5 Å². The summed E-state index contributed by atoms with van der Waals surface area (Å²) in [6.45, 7) is 7.68. The smallest absolute Gasteiger partial charge is 0.306 e. The molecule has 2 rings (SSSR count). The van der Waals surface area contributed by atoms with Gasteiger partial charge in [0.1, 0.15) is 0 Å². The van der Waals surface area contributed by atoms with Crippen LogP contribution in [0.3, 0.4) is 0 Å². The van der Waals surface area contributed by atoms with Crippen molar-refractivity contribution in [2.45, 2.75) is 59.3 Å². The Balaban J connectivity index is 1.86. The maximum absolute atomic E-state index is 12.8. The first-order chi connectivity index (χ1) is 11.7. The van der Waals surface area contributed by atoms with Gasteiger partial charge in [0.15, 0.2) is 0 Å². The molecule has 3 atom stereocenters. The van der Waals surface area contributed by atoms with Crippen molar-refractivity contribution in [2.24, 2.45) is 23.2 Å². The van der Waals surface area contributed by atoms with Gasteiger partial charge in [-0.05, 0) is 38.0 Å². The van der Waals surface area contributed by atoms with Crippen molar-refractivity contribution in [3.8, 4) is 0 Å². The summed E-state index contributed by atoms with van der Waals surface area (Å²) in [5.41, 5.74) is -0.405. The fourth-order valence-corrected chi connectivity index (χ4v) is 3.83. The predicted molar refractivity (Wildman–Crippen MR) is 94.9 cm³/mol. The van der Waals surface area contributed by atoms with Crippen molar-refractivity contribution in [3.05, 3.63) is 0 Å². The first-order valence-corrected chi connectivity index (χ1v) is 9.48. The first-order valence-electron chi connectivity index (χ1n) is 9.48. The molecule has 1 heterocycles. The van der Waals surface area contributed by atoms with Crippen LogP contribution in [0.5, 0.6) is 0 Å². The zero-order valence-electron chi connectivity index (χ0n) is 15.7. The SMILES string of the molecule is CC(C)(C)C(=O)NCC1CCCN(C(=O)C2CCCC(C(=O)O)C2)C1. The highest BCUT2D eigenvalue weighted by Crippen LogP contribution is 2.31. The molecule has 0 spiro atoms. The number of nitrogens with one attached hydrogen (secondary N) is 1. The first kappa shape index (κ1) is 19.7. The van der Waals surface area contributed by atoms with E-state index >= 15 is 0 Å². The van der Waals surface area contributed by atoms with E-state index in [1.807, 2.05) is 25.7 Å². The van der Waals surface area contributed by atoms with Crippen LogP contribution < -0.4 is 5.32 Å². The van der Waals surface area contributed by atoms with Gasteiger partial charge in [-0.15, -0.1) is 0 Å². The van der Waals surface area contributed by atoms with Gasteiger partial charge in [-0.2, -0.15) is 0 Å². The topological polar surface area (TPSA) is 86.7 Å². The Kier molecular flexibility index (Phi) is 6.47. The molecule has 6 nitrogen and oxygen atoms in total. The summed E-state index contributed by atoms with van der Waals surface area (Å²) in [5, 5.41) is 12.2. The Morgan fingerprint density at radius 1 is 1.08 bits per heavy atom. The molecule has 1 aliphatic carbocycles. The molecule has 1 saturated carbocycles. The third-order valence-electron chi connectivity index (χ3n) is 5.44. The third kappa shape index (κ3) is 5.44. The van der Waals surface area contributed by atoms with E-state index in [-0.39, 0.29) is 29.6 Å². The predicted octanol–water partition coefficient (Wildman–Crippen LogP) is 2.28. The number of likely N-dealkylation sites (tertiary alicyclic amines) is 1. The molecule has 142 valence electrons. The molecule has 1 saturated heterocycles. The average Bonchev–Trinajstić information content (AvgIpc) is 2.58. The summed E-state index contributed by atoms with van der Waals surface area (Å²) in [7, 11) is 0. The van der Waals surface area contributed by atoms with Gasteiger partial charge >= 0.3 is 5.97 Å². The Hall–Kier alpha value is -1.59. The van der Waals surface area contributed by atoms with E-state index < -0.39 is 11.4 Å². The average molecular weight is 352 g/mol. The molecule has 0 aromatic carbocycles. The van der Waals surface area contributed by atoms with Crippen LogP contribution >= 0.6 is 0 Å². The number of hydrogen-bond donors (Lipinski definition) is 2. The summed E-state index contributed by atoms with van der Waals surface area (Å²) in [6, 6.07) is 0. The van der Waals surface area contributed by atoms with Crippen LogP contribution in [0.4, 0.5) is 0 Å². The fourth-order valence-electron chi connectivity index (χ4n) is 3.83. The number of rotatable bonds is 4. The monoisotopic (exact) mass is 352 g/mol. The Labute approximate surface area is 150 Å². The Bertz CT molecular complexity index is 512. The van der Waals surface area contributed by atoms with Gasteiger partial charge in [0.25, 0.3) is 0 Å². The molecule has 2 aliphatic rings. The highest BCUT2D eigenvalue weighted by molar-refractivity contribution is 5.81. The quantitative estimate of drug-likeness (QED) is 0.813. The van der Waals surface area contributed by atoms with Gasteiger partial charge in [-0.1, -0.05) is 27.2 Å². The van der Waals surface area contributed by atoms with E-state index in [0.717, 1.165) is 32.2 Å². The van der Waals surface area contributed by atoms with Crippen LogP contribution in [0.2, 0.25) is 0 Å². The minimum atomic E-state index is -0.779. The molecule has 0 aromatic heterocycles. The second-order valence-corrected chi connectivity index (χ2v) is 8.65. The summed E-state index contributed by atoms with van der Waals surface area (Å²) in [5.74, 6) is -0.890. The summed E-state index contributed by atoms with van der Waals surface area (Å²) >= 11 is 0. The number of amides is 2. The van der Waals surface area contributed by atoms with Crippen molar-refractivity contribution in [1.29, 1.82) is 0 Å². The van der Waals surface area contributed by atoms with Gasteiger partial charge in [0, 0.05) is 31.0 Å². The third-order valence-corrected chi connectivity index (χ3v) is 5.44. The van der Waals surface area contributed by atoms with Crippen molar-refractivity contribution in [1.82, 2.24) is 10.2 Å². The maximum Gasteiger partial charge on any atom is 0.306 e. The zero-order valence-corrected chi connectivity index (χ0v) is 15.7. The van der Waals surface area contributed by atoms with Crippen LogP contribution in [0.1, 0.15) is 59.3 Å². The molecule has 0 radical (unpaired) electrons. The Morgan fingerprint density at radius 2 is 1.76 bits per heavy atom. The largest absolute Gasteiger partial charge is 0.481 e. The molecule has 6 heteroatoms. The van der Waals surface area contributed by atoms with Gasteiger partial charge < -0.3 is 15.3 Å². The molecule has 1 aliphatic heterocycles. The van der Waals surface area contributed by atoms with Crippen molar-refractivity contribution >= 4 is 17.8 Å². The van der Waals surface area contributed by atoms with Crippen LogP contribution in [-0.2, 0) is 14.4 Å². The lowest BCUT2D eigenvalue weighted by Crippen LogP contribution is -2.47. The van der Waals surface area contributed by atoms with E-state index in [1.54, 1.807) is 0 Å². The van der Waals surface area contributed by atoms with Gasteiger partial charge in [-0.25, -0.2) is 0 Å². The second-order valence-electron chi connectivity index (χ2n) is 8.65. The fraction of sp³-hybridized carbons (Fsp3) is 0.842. The zero-order chi connectivity index (χ0) is 18.6. The number of piperidine rings is 1. The standard InChI is InChI=1S/C19H32N2O4/c1-19(2,3)18(25)20-11-13-6-5-9-21(12-13)16(22)14-7-4-8-15(10-14)17(23)24/h13-15H,4-12H2,1-3H3,(H,20,25)(H,23,24). The number of carboxylic acids is 1. The van der Waals surface area contributed by atoms with Gasteiger partial charge in [0.2, 0.25) is 11.8 Å². The van der Waals surface area contributed by atoms with Crippen LogP contribution in [-0.4, -0.2) is 47.4 Å². The lowest BCUT2D eigenvalue weighted by Gasteiger charge is -2.37. The van der Waals surface area contributed by atoms with E-state index in [4.69, 9.17) is 0 Å². The number of carbonyl (C=O) groups excluding carboxylic acids is 2. The molecular weight excluding hydrogens is 320 g/mol. The van der Waals surface area contributed by atoms with Gasteiger partial charge in [0.05, 0.1) is 5.92 Å². The number of carbonyl (C=O) groups is 3. The minimum Gasteiger partial charge on any atom is -0.481 e. The molecule has 2 amide bonds. The van der Waals surface area contributed by atoms with Crippen molar-refractivity contribution < 1.29 is 19.5 Å². The lowest BCUT2D eigenvalue weighted by molar-refractivity contribution is -0.146. The summed E-state index contributed by atoms with van der Waals surface area (Å²) in [6.07, 6.45) is 4.71. The van der Waals surface area contributed by atoms with E-state index in [2.05, 4.69) is 5.32 Å². The van der Waals surface area contributed by atoms with E-state index in [1.165, 1.54) is 0 Å². The van der Waals surface area contributed by atoms with Crippen molar-refractivity contribution in [2.75, 3.05) is 19.6 Å². The molecule has 2 fully saturated rings. The van der Waals surface area contributed by atoms with Crippen LogP contribution in [0, 0.1) is 23.2 Å². The number of nitrogens with zero attached hydrogens (tertiary/aromatic N) is 1. The lowest BCUT2D eigenvalue weighted by atomic mass is 9.80. The van der Waals surface area contributed by atoms with Crippen LogP contribution in [0.15, 0.2) is 0 Å². The normalized spacial score (nSPS) is 27.6. The number of hydrogen-bond acceptors (Lipinski definition) is 3. The highest BCUT2D eigenvalue weighted by Gasteiger charge is 2.35. The molecule has 2 N–H and O–H groups in total. The van der Waals surface area contributed by atoms with Crippen molar-refractivity contribution in [3.63, 3.8) is 0 Å². The summed E-state index contributed by atoms with van der Waals surface area (Å²) in [4.78, 5) is 37.9. The number of aliphatic carboxylic acids is 1. The van der Waals surface area contributed by atoms with Gasteiger partial charge in [-0.3, -0.25) is 14.4 Å². The maximum atomic E-state index is 12.8. The summed E-state index contributed by atoms with van der Waals surface area (Å²) < 4.78 is 0. The molecule has 0 bridgehead atoms. The van der Waals surface area contributed by atoms with Crippen LogP contribution in [0.25, 0.3) is 0 Å². The minimum absolute atomic E-state index is 0.0348. The molecule has 25 heavy (non-hydrogen) atoms. The highest BCUT2D eigenvalue weighted by atomic mass is 16.4. The number of carboxylic acid groups (broad SMARTS) is 1. The Morgan fingerprint density at radius 3 is 2.40 bits per heavy atom. The molecular formula is C19H32N2O4.